The summed E-state index contributed by atoms with van der Waals surface area (Å²) >= 11 is 0. The van der Waals surface area contributed by atoms with Crippen LogP contribution in [0.4, 0.5) is 0 Å². The first kappa shape index (κ1) is 17.9. The summed E-state index contributed by atoms with van der Waals surface area (Å²) < 4.78 is 29.6. The Balaban J connectivity index is 2.82. The molecule has 20 heavy (non-hydrogen) atoms. The van der Waals surface area contributed by atoms with Crippen molar-refractivity contribution in [2.24, 2.45) is 0 Å². The first-order chi connectivity index (χ1) is 9.17. The largest absolute Gasteiger partial charge is 0.313 e. The highest BCUT2D eigenvalue weighted by Crippen LogP contribution is 2.23. The van der Waals surface area contributed by atoms with Gasteiger partial charge in [-0.15, -0.1) is 0 Å². The molecule has 1 saturated heterocycles. The van der Waals surface area contributed by atoms with Gasteiger partial charge in [0.05, 0.1) is 0 Å². The molecule has 6 heteroatoms. The molecule has 0 amide bonds. The van der Waals surface area contributed by atoms with E-state index < -0.39 is 15.7 Å². The lowest BCUT2D eigenvalue weighted by Gasteiger charge is -2.39. The zero-order valence-corrected chi connectivity index (χ0v) is 14.4. The van der Waals surface area contributed by atoms with Crippen LogP contribution in [0.15, 0.2) is 0 Å². The van der Waals surface area contributed by atoms with Crippen molar-refractivity contribution in [2.45, 2.75) is 77.9 Å². The molecule has 1 aliphatic rings. The van der Waals surface area contributed by atoms with Gasteiger partial charge < -0.3 is 5.32 Å². The minimum atomic E-state index is -3.42. The van der Waals surface area contributed by atoms with E-state index in [0.29, 0.717) is 6.54 Å². The van der Waals surface area contributed by atoms with Crippen LogP contribution >= 0.6 is 0 Å². The predicted molar refractivity (Wildman–Crippen MR) is 83.9 cm³/mol. The Morgan fingerprint density at radius 1 is 1.30 bits per heavy atom. The van der Waals surface area contributed by atoms with E-state index in [-0.39, 0.29) is 12.1 Å². The molecular formula is C14H31N3O2S. The lowest BCUT2D eigenvalue weighted by molar-refractivity contribution is 0.204. The molecule has 0 aliphatic carbocycles. The van der Waals surface area contributed by atoms with Gasteiger partial charge in [0.15, 0.2) is 0 Å². The second-order valence-electron chi connectivity index (χ2n) is 6.77. The summed E-state index contributed by atoms with van der Waals surface area (Å²) in [5, 5.41) is 3.43. The molecule has 1 fully saturated rings. The van der Waals surface area contributed by atoms with Crippen LogP contribution in [-0.2, 0) is 10.2 Å². The maximum Gasteiger partial charge on any atom is 0.280 e. The van der Waals surface area contributed by atoms with Gasteiger partial charge in [0.25, 0.3) is 10.2 Å². The van der Waals surface area contributed by atoms with E-state index in [9.17, 15) is 8.42 Å². The number of nitrogens with one attached hydrogen (secondary N) is 2. The van der Waals surface area contributed by atoms with Crippen molar-refractivity contribution < 1.29 is 8.42 Å². The molecule has 0 bridgehead atoms. The maximum atomic E-state index is 12.6. The van der Waals surface area contributed by atoms with E-state index >= 15 is 0 Å². The van der Waals surface area contributed by atoms with Crippen molar-refractivity contribution in [3.05, 3.63) is 0 Å². The molecule has 0 spiro atoms. The van der Waals surface area contributed by atoms with E-state index in [0.717, 1.165) is 32.2 Å². The van der Waals surface area contributed by atoms with Gasteiger partial charge in [0.1, 0.15) is 0 Å². The van der Waals surface area contributed by atoms with Crippen molar-refractivity contribution in [3.63, 3.8) is 0 Å². The predicted octanol–water partition coefficient (Wildman–Crippen LogP) is 1.86. The molecule has 0 saturated carbocycles. The molecule has 1 heterocycles. The number of piperidine rings is 1. The monoisotopic (exact) mass is 305 g/mol. The van der Waals surface area contributed by atoms with Gasteiger partial charge in [-0.05, 0) is 53.5 Å². The third kappa shape index (κ3) is 5.31. The first-order valence-corrected chi connectivity index (χ1v) is 9.15. The molecule has 1 aliphatic heterocycles. The summed E-state index contributed by atoms with van der Waals surface area (Å²) in [4.78, 5) is 0. The van der Waals surface area contributed by atoms with Gasteiger partial charge >= 0.3 is 0 Å². The van der Waals surface area contributed by atoms with Crippen LogP contribution < -0.4 is 10.0 Å². The average Bonchev–Trinajstić information content (AvgIpc) is 2.33. The van der Waals surface area contributed by atoms with Gasteiger partial charge in [0.2, 0.25) is 0 Å². The van der Waals surface area contributed by atoms with Gasteiger partial charge in [-0.2, -0.15) is 17.4 Å². The quantitative estimate of drug-likeness (QED) is 0.787. The summed E-state index contributed by atoms with van der Waals surface area (Å²) in [6.07, 6.45) is 4.04. The number of rotatable bonds is 6. The molecule has 0 aromatic carbocycles. The Bertz CT molecular complexity index is 390. The molecule has 0 aromatic heterocycles. The molecule has 120 valence electrons. The standard InChI is InChI=1S/C14H31N3O2S/c1-6-10-15-12(2)13-9-7-8-11-17(13)20(18,19)16-14(3,4)5/h12-13,15-16H,6-11H2,1-5H3. The molecule has 0 radical (unpaired) electrons. The van der Waals surface area contributed by atoms with Gasteiger partial charge in [-0.1, -0.05) is 13.3 Å². The van der Waals surface area contributed by atoms with Crippen LogP contribution in [0.3, 0.4) is 0 Å². The summed E-state index contributed by atoms with van der Waals surface area (Å²) in [5.41, 5.74) is -0.444. The van der Waals surface area contributed by atoms with E-state index in [1.807, 2.05) is 20.8 Å². The van der Waals surface area contributed by atoms with Gasteiger partial charge in [0, 0.05) is 24.2 Å². The third-order valence-electron chi connectivity index (χ3n) is 3.54. The summed E-state index contributed by atoms with van der Waals surface area (Å²) in [5.74, 6) is 0. The highest BCUT2D eigenvalue weighted by atomic mass is 32.2. The summed E-state index contributed by atoms with van der Waals surface area (Å²) in [7, 11) is -3.42. The maximum absolute atomic E-state index is 12.6. The fourth-order valence-electron chi connectivity index (χ4n) is 2.68. The fourth-order valence-corrected chi connectivity index (χ4v) is 4.59. The van der Waals surface area contributed by atoms with Crippen LogP contribution in [0.5, 0.6) is 0 Å². The van der Waals surface area contributed by atoms with Crippen molar-refractivity contribution in [1.82, 2.24) is 14.3 Å². The molecule has 2 atom stereocenters. The van der Waals surface area contributed by atoms with Crippen LogP contribution in [-0.4, -0.2) is 43.4 Å². The SMILES string of the molecule is CCCNC(C)C1CCCCN1S(=O)(=O)NC(C)(C)C. The highest BCUT2D eigenvalue weighted by molar-refractivity contribution is 7.87. The minimum absolute atomic E-state index is 0.0511. The normalized spacial score (nSPS) is 23.8. The second kappa shape index (κ2) is 7.20. The van der Waals surface area contributed by atoms with E-state index in [1.165, 1.54) is 0 Å². The molecule has 1 rings (SSSR count). The number of nitrogens with zero attached hydrogens (tertiary/aromatic N) is 1. The highest BCUT2D eigenvalue weighted by Gasteiger charge is 2.36. The molecular weight excluding hydrogens is 274 g/mol. The van der Waals surface area contributed by atoms with Crippen molar-refractivity contribution >= 4 is 10.2 Å². The van der Waals surface area contributed by atoms with Crippen LogP contribution in [0.25, 0.3) is 0 Å². The smallest absolute Gasteiger partial charge is 0.280 e. The van der Waals surface area contributed by atoms with Crippen molar-refractivity contribution in [3.8, 4) is 0 Å². The fraction of sp³-hybridized carbons (Fsp3) is 1.00. The van der Waals surface area contributed by atoms with Crippen molar-refractivity contribution in [1.29, 1.82) is 0 Å². The summed E-state index contributed by atoms with van der Waals surface area (Å²) in [6, 6.07) is 0.238. The third-order valence-corrected chi connectivity index (χ3v) is 5.48. The number of hydrogen-bond acceptors (Lipinski definition) is 3. The van der Waals surface area contributed by atoms with E-state index in [2.05, 4.69) is 23.9 Å². The Morgan fingerprint density at radius 3 is 2.50 bits per heavy atom. The number of hydrogen-bond donors (Lipinski definition) is 2. The summed E-state index contributed by atoms with van der Waals surface area (Å²) in [6.45, 7) is 11.4. The van der Waals surface area contributed by atoms with Crippen molar-refractivity contribution in [2.75, 3.05) is 13.1 Å². The Kier molecular flexibility index (Phi) is 6.44. The van der Waals surface area contributed by atoms with E-state index in [4.69, 9.17) is 0 Å². The first-order valence-electron chi connectivity index (χ1n) is 7.71. The lowest BCUT2D eigenvalue weighted by atomic mass is 9.99. The van der Waals surface area contributed by atoms with Crippen LogP contribution in [0.2, 0.25) is 0 Å². The lowest BCUT2D eigenvalue weighted by Crippen LogP contribution is -2.58. The van der Waals surface area contributed by atoms with Crippen LogP contribution in [0.1, 0.15) is 60.3 Å². The minimum Gasteiger partial charge on any atom is -0.313 e. The Morgan fingerprint density at radius 2 is 1.95 bits per heavy atom. The topological polar surface area (TPSA) is 61.4 Å². The van der Waals surface area contributed by atoms with Crippen LogP contribution in [0, 0.1) is 0 Å². The average molecular weight is 305 g/mol. The Labute approximate surface area is 124 Å². The molecule has 0 aromatic rings. The zero-order valence-electron chi connectivity index (χ0n) is 13.6. The van der Waals surface area contributed by atoms with Gasteiger partial charge in [-0.3, -0.25) is 0 Å². The molecule has 5 nitrogen and oxygen atoms in total. The van der Waals surface area contributed by atoms with Gasteiger partial charge in [-0.25, -0.2) is 0 Å². The Hall–Kier alpha value is -0.170. The molecule has 2 N–H and O–H groups in total. The second-order valence-corrected chi connectivity index (χ2v) is 8.40. The van der Waals surface area contributed by atoms with E-state index in [1.54, 1.807) is 4.31 Å². The zero-order chi connectivity index (χ0) is 15.4. The molecule has 2 unspecified atom stereocenters.